The van der Waals surface area contributed by atoms with Crippen LogP contribution in [-0.4, -0.2) is 51.3 Å². The maximum absolute atomic E-state index is 12.6. The Balaban J connectivity index is 1.51. The molecule has 1 heterocycles. The lowest BCUT2D eigenvalue weighted by molar-refractivity contribution is 0.190. The molecule has 0 spiro atoms. The Labute approximate surface area is 172 Å². The molecule has 1 saturated heterocycles. The lowest BCUT2D eigenvalue weighted by Gasteiger charge is -2.32. The van der Waals surface area contributed by atoms with Gasteiger partial charge >= 0.3 is 6.03 Å². The zero-order chi connectivity index (χ0) is 20.7. The van der Waals surface area contributed by atoms with Crippen LogP contribution in [0.1, 0.15) is 18.4 Å². The Morgan fingerprint density at radius 3 is 2.72 bits per heavy atom. The van der Waals surface area contributed by atoms with Crippen LogP contribution in [0.3, 0.4) is 0 Å². The van der Waals surface area contributed by atoms with Crippen LogP contribution >= 0.6 is 0 Å². The predicted molar refractivity (Wildman–Crippen MR) is 114 cm³/mol. The number of nitrogens with zero attached hydrogens (tertiary/aromatic N) is 1. The number of anilines is 1. The molecule has 1 aliphatic heterocycles. The van der Waals surface area contributed by atoms with Gasteiger partial charge in [-0.15, -0.1) is 0 Å². The number of likely N-dealkylation sites (tertiary alicyclic amines) is 1. The summed E-state index contributed by atoms with van der Waals surface area (Å²) in [5.41, 5.74) is 1.85. The molecule has 0 radical (unpaired) electrons. The van der Waals surface area contributed by atoms with Gasteiger partial charge in [-0.3, -0.25) is 0 Å². The average molecular weight is 418 g/mol. The van der Waals surface area contributed by atoms with Gasteiger partial charge < -0.3 is 15.0 Å². The van der Waals surface area contributed by atoms with Crippen LogP contribution in [0.4, 0.5) is 10.5 Å². The highest BCUT2D eigenvalue weighted by Crippen LogP contribution is 2.19. The number of rotatable bonds is 7. The number of piperidine rings is 1. The molecule has 2 aromatic carbocycles. The molecule has 0 unspecified atom stereocenters. The van der Waals surface area contributed by atoms with Crippen LogP contribution < -0.4 is 14.8 Å². The van der Waals surface area contributed by atoms with E-state index in [4.69, 9.17) is 4.74 Å². The van der Waals surface area contributed by atoms with Gasteiger partial charge in [-0.05, 0) is 30.5 Å². The van der Waals surface area contributed by atoms with Gasteiger partial charge in [0, 0.05) is 37.3 Å². The first-order valence-corrected chi connectivity index (χ1v) is 11.6. The van der Waals surface area contributed by atoms with Gasteiger partial charge in [0.05, 0.1) is 12.9 Å². The SMILES string of the molecule is CS(=O)(=O)N[C@@H]1CCCN(C(=O)Nc2cccc(OCCc3ccccc3)c2)C1. The van der Waals surface area contributed by atoms with E-state index in [1.807, 2.05) is 30.3 Å². The molecule has 0 aromatic heterocycles. The topological polar surface area (TPSA) is 87.7 Å². The number of amides is 2. The van der Waals surface area contributed by atoms with Crippen LogP contribution in [0, 0.1) is 0 Å². The summed E-state index contributed by atoms with van der Waals surface area (Å²) < 4.78 is 31.3. The van der Waals surface area contributed by atoms with E-state index in [9.17, 15) is 13.2 Å². The fraction of sp³-hybridized carbons (Fsp3) is 0.381. The lowest BCUT2D eigenvalue weighted by Crippen LogP contribution is -2.50. The number of benzene rings is 2. The molecule has 7 nitrogen and oxygen atoms in total. The maximum atomic E-state index is 12.6. The van der Waals surface area contributed by atoms with Crippen molar-refractivity contribution in [1.29, 1.82) is 0 Å². The highest BCUT2D eigenvalue weighted by Gasteiger charge is 2.25. The van der Waals surface area contributed by atoms with Crippen molar-refractivity contribution >= 4 is 21.7 Å². The molecule has 3 rings (SSSR count). The molecule has 2 aromatic rings. The van der Waals surface area contributed by atoms with E-state index in [1.54, 1.807) is 17.0 Å². The number of carbonyl (C=O) groups is 1. The third-order valence-electron chi connectivity index (χ3n) is 4.68. The van der Waals surface area contributed by atoms with Crippen molar-refractivity contribution in [1.82, 2.24) is 9.62 Å². The quantitative estimate of drug-likeness (QED) is 0.725. The smallest absolute Gasteiger partial charge is 0.321 e. The second-order valence-corrected chi connectivity index (χ2v) is 9.00. The number of sulfonamides is 1. The lowest BCUT2D eigenvalue weighted by atomic mass is 10.1. The van der Waals surface area contributed by atoms with Gasteiger partial charge in [0.1, 0.15) is 5.75 Å². The maximum Gasteiger partial charge on any atom is 0.321 e. The molecule has 0 saturated carbocycles. The molecule has 29 heavy (non-hydrogen) atoms. The highest BCUT2D eigenvalue weighted by molar-refractivity contribution is 7.88. The zero-order valence-electron chi connectivity index (χ0n) is 16.5. The van der Waals surface area contributed by atoms with Crippen molar-refractivity contribution in [2.24, 2.45) is 0 Å². The van der Waals surface area contributed by atoms with Crippen molar-refractivity contribution in [3.8, 4) is 5.75 Å². The van der Waals surface area contributed by atoms with Gasteiger partial charge in [-0.1, -0.05) is 36.4 Å². The Morgan fingerprint density at radius 2 is 1.97 bits per heavy atom. The first kappa shape index (κ1) is 21.1. The number of urea groups is 1. The molecule has 156 valence electrons. The summed E-state index contributed by atoms with van der Waals surface area (Å²) in [6.07, 6.45) is 3.42. The molecule has 2 N–H and O–H groups in total. The van der Waals surface area contributed by atoms with E-state index < -0.39 is 10.0 Å². The van der Waals surface area contributed by atoms with E-state index >= 15 is 0 Å². The molecule has 0 aliphatic carbocycles. The molecule has 2 amide bonds. The monoisotopic (exact) mass is 417 g/mol. The van der Waals surface area contributed by atoms with Gasteiger partial charge in [0.15, 0.2) is 0 Å². The standard InChI is InChI=1S/C21H27N3O4S/c1-29(26,27)23-19-10-6-13-24(16-19)21(25)22-18-9-5-11-20(15-18)28-14-12-17-7-3-2-4-8-17/h2-5,7-9,11,15,19,23H,6,10,12-14,16H2,1H3,(H,22,25)/t19-/m1/s1. The Hall–Kier alpha value is -2.58. The average Bonchev–Trinajstić information content (AvgIpc) is 2.68. The largest absolute Gasteiger partial charge is 0.493 e. The van der Waals surface area contributed by atoms with Crippen molar-refractivity contribution < 1.29 is 17.9 Å². The van der Waals surface area contributed by atoms with Crippen molar-refractivity contribution in [2.75, 3.05) is 31.3 Å². The number of ether oxygens (including phenoxy) is 1. The fourth-order valence-corrected chi connectivity index (χ4v) is 4.16. The summed E-state index contributed by atoms with van der Waals surface area (Å²) in [4.78, 5) is 14.2. The second kappa shape index (κ2) is 9.76. The van der Waals surface area contributed by atoms with E-state index in [2.05, 4.69) is 22.2 Å². The van der Waals surface area contributed by atoms with Crippen LogP contribution in [0.15, 0.2) is 54.6 Å². The fourth-order valence-electron chi connectivity index (χ4n) is 3.36. The van der Waals surface area contributed by atoms with Crippen LogP contribution in [0.25, 0.3) is 0 Å². The van der Waals surface area contributed by atoms with Crippen LogP contribution in [-0.2, 0) is 16.4 Å². The zero-order valence-corrected chi connectivity index (χ0v) is 17.3. The summed E-state index contributed by atoms with van der Waals surface area (Å²) in [7, 11) is -3.29. The van der Waals surface area contributed by atoms with Gasteiger partial charge in [0.25, 0.3) is 0 Å². The third-order valence-corrected chi connectivity index (χ3v) is 5.44. The van der Waals surface area contributed by atoms with Gasteiger partial charge in [-0.2, -0.15) is 0 Å². The summed E-state index contributed by atoms with van der Waals surface area (Å²) >= 11 is 0. The minimum atomic E-state index is -3.29. The minimum absolute atomic E-state index is 0.244. The molecule has 1 aliphatic rings. The number of hydrogen-bond donors (Lipinski definition) is 2. The second-order valence-electron chi connectivity index (χ2n) is 7.22. The molecular formula is C21H27N3O4S. The minimum Gasteiger partial charge on any atom is -0.493 e. The van der Waals surface area contributed by atoms with Crippen molar-refractivity contribution in [3.05, 3.63) is 60.2 Å². The van der Waals surface area contributed by atoms with Gasteiger partial charge in [-0.25, -0.2) is 17.9 Å². The molecular weight excluding hydrogens is 390 g/mol. The Bertz CT molecular complexity index is 919. The molecule has 1 fully saturated rings. The van der Waals surface area contributed by atoms with E-state index in [-0.39, 0.29) is 12.1 Å². The summed E-state index contributed by atoms with van der Waals surface area (Å²) in [5.74, 6) is 0.689. The highest BCUT2D eigenvalue weighted by atomic mass is 32.2. The molecule has 0 bridgehead atoms. The first-order chi connectivity index (χ1) is 13.9. The van der Waals surface area contributed by atoms with E-state index in [0.29, 0.717) is 31.1 Å². The summed E-state index contributed by atoms with van der Waals surface area (Å²) in [5, 5.41) is 2.87. The molecule has 8 heteroatoms. The van der Waals surface area contributed by atoms with E-state index in [0.717, 1.165) is 25.5 Å². The third kappa shape index (κ3) is 7.07. The van der Waals surface area contributed by atoms with E-state index in [1.165, 1.54) is 5.56 Å². The Morgan fingerprint density at radius 1 is 1.17 bits per heavy atom. The number of nitrogens with one attached hydrogen (secondary N) is 2. The summed E-state index contributed by atoms with van der Waals surface area (Å²) in [6.45, 7) is 1.50. The van der Waals surface area contributed by atoms with Gasteiger partial charge in [0.2, 0.25) is 10.0 Å². The number of hydrogen-bond acceptors (Lipinski definition) is 4. The summed E-state index contributed by atoms with van der Waals surface area (Å²) in [6, 6.07) is 16.9. The molecule has 1 atom stereocenters. The first-order valence-electron chi connectivity index (χ1n) is 9.69. The predicted octanol–water partition coefficient (Wildman–Crippen LogP) is 2.85. The van der Waals surface area contributed by atoms with Crippen molar-refractivity contribution in [2.45, 2.75) is 25.3 Å². The Kier molecular flexibility index (Phi) is 7.11. The normalized spacial score (nSPS) is 17.0. The van der Waals surface area contributed by atoms with Crippen LogP contribution in [0.2, 0.25) is 0 Å². The van der Waals surface area contributed by atoms with Crippen LogP contribution in [0.5, 0.6) is 5.75 Å². The van der Waals surface area contributed by atoms with Crippen molar-refractivity contribution in [3.63, 3.8) is 0 Å². The number of carbonyl (C=O) groups excluding carboxylic acids is 1.